The van der Waals surface area contributed by atoms with Crippen molar-refractivity contribution in [1.82, 2.24) is 0 Å². The molecule has 0 spiro atoms. The third-order valence-electron chi connectivity index (χ3n) is 0.952. The number of nitrogens with one attached hydrogen (secondary N) is 1. The third-order valence-corrected chi connectivity index (χ3v) is 0.952. The molecule has 0 saturated carbocycles. The number of hydrogen-bond acceptors (Lipinski definition) is 2. The quantitative estimate of drug-likeness (QED) is 0.654. The van der Waals surface area contributed by atoms with Gasteiger partial charge < -0.3 is 9.73 Å². The number of anilines is 1. The molecule has 50 valence electrons. The van der Waals surface area contributed by atoms with E-state index in [-0.39, 0.29) is 0 Å². The van der Waals surface area contributed by atoms with E-state index in [4.69, 9.17) is 4.42 Å². The van der Waals surface area contributed by atoms with Gasteiger partial charge in [-0.05, 0) is 19.9 Å². The molecule has 9 heavy (non-hydrogen) atoms. The van der Waals surface area contributed by atoms with E-state index in [2.05, 4.69) is 19.2 Å². The topological polar surface area (TPSA) is 25.2 Å². The molecule has 2 nitrogen and oxygen atoms in total. The highest BCUT2D eigenvalue weighted by Gasteiger charge is 1.94. The summed E-state index contributed by atoms with van der Waals surface area (Å²) in [5.41, 5.74) is 0. The van der Waals surface area contributed by atoms with Crippen LogP contribution >= 0.6 is 0 Å². The predicted octanol–water partition coefficient (Wildman–Crippen LogP) is 2.10. The summed E-state index contributed by atoms with van der Waals surface area (Å²) in [5, 5.41) is 3.12. The van der Waals surface area contributed by atoms with Crippen molar-refractivity contribution in [2.45, 2.75) is 19.9 Å². The molecule has 0 radical (unpaired) electrons. The standard InChI is InChI=1S/C7H11NO/c1-6(2)8-7-4-3-5-9-7/h3-6,8H,1-2H3. The van der Waals surface area contributed by atoms with E-state index in [1.165, 1.54) is 0 Å². The van der Waals surface area contributed by atoms with Gasteiger partial charge in [0, 0.05) is 12.1 Å². The van der Waals surface area contributed by atoms with Crippen LogP contribution in [0.2, 0.25) is 0 Å². The Morgan fingerprint density at radius 2 is 2.33 bits per heavy atom. The molecule has 2 heteroatoms. The van der Waals surface area contributed by atoms with Crippen LogP contribution in [0, 0.1) is 0 Å². The lowest BCUT2D eigenvalue weighted by Gasteiger charge is -2.03. The van der Waals surface area contributed by atoms with Crippen molar-refractivity contribution in [3.05, 3.63) is 18.4 Å². The summed E-state index contributed by atoms with van der Waals surface area (Å²) in [7, 11) is 0. The molecule has 0 saturated heterocycles. The Morgan fingerprint density at radius 3 is 2.78 bits per heavy atom. The zero-order valence-corrected chi connectivity index (χ0v) is 5.72. The summed E-state index contributed by atoms with van der Waals surface area (Å²) in [5.74, 6) is 0.838. The predicted molar refractivity (Wildman–Crippen MR) is 37.5 cm³/mol. The summed E-state index contributed by atoms with van der Waals surface area (Å²) >= 11 is 0. The highest BCUT2D eigenvalue weighted by atomic mass is 16.3. The molecular weight excluding hydrogens is 114 g/mol. The number of hydrogen-bond donors (Lipinski definition) is 1. The van der Waals surface area contributed by atoms with Crippen LogP contribution in [0.15, 0.2) is 22.8 Å². The van der Waals surface area contributed by atoms with E-state index in [0.29, 0.717) is 6.04 Å². The van der Waals surface area contributed by atoms with Gasteiger partial charge in [-0.1, -0.05) is 0 Å². The van der Waals surface area contributed by atoms with Crippen LogP contribution in [0.4, 0.5) is 5.88 Å². The molecule has 0 aliphatic rings. The van der Waals surface area contributed by atoms with Crippen LogP contribution in [-0.4, -0.2) is 6.04 Å². The summed E-state index contributed by atoms with van der Waals surface area (Å²) in [6, 6.07) is 4.21. The van der Waals surface area contributed by atoms with Gasteiger partial charge in [-0.15, -0.1) is 0 Å². The molecule has 1 aromatic rings. The van der Waals surface area contributed by atoms with E-state index in [0.717, 1.165) is 5.88 Å². The maximum absolute atomic E-state index is 5.03. The van der Waals surface area contributed by atoms with E-state index < -0.39 is 0 Å². The average Bonchev–Trinajstić information content (AvgIpc) is 2.15. The summed E-state index contributed by atoms with van der Waals surface area (Å²) in [6.45, 7) is 4.14. The fourth-order valence-electron chi connectivity index (χ4n) is 0.645. The van der Waals surface area contributed by atoms with Gasteiger partial charge in [-0.3, -0.25) is 0 Å². The van der Waals surface area contributed by atoms with Gasteiger partial charge in [0.2, 0.25) is 0 Å². The molecule has 0 aromatic carbocycles. The zero-order valence-electron chi connectivity index (χ0n) is 5.72. The van der Waals surface area contributed by atoms with Crippen LogP contribution in [0.3, 0.4) is 0 Å². The van der Waals surface area contributed by atoms with Gasteiger partial charge in [0.05, 0.1) is 6.26 Å². The van der Waals surface area contributed by atoms with E-state index in [1.54, 1.807) is 6.26 Å². The van der Waals surface area contributed by atoms with Crippen molar-refractivity contribution in [1.29, 1.82) is 0 Å². The Balaban J connectivity index is 2.48. The smallest absolute Gasteiger partial charge is 0.192 e. The first kappa shape index (κ1) is 6.20. The molecule has 1 rings (SSSR count). The molecule has 1 N–H and O–H groups in total. The molecule has 0 aliphatic heterocycles. The maximum atomic E-state index is 5.03. The molecule has 0 aliphatic carbocycles. The fraction of sp³-hybridized carbons (Fsp3) is 0.429. The third kappa shape index (κ3) is 1.80. The van der Waals surface area contributed by atoms with Crippen molar-refractivity contribution >= 4 is 5.88 Å². The summed E-state index contributed by atoms with van der Waals surface area (Å²) < 4.78 is 5.03. The van der Waals surface area contributed by atoms with Crippen LogP contribution < -0.4 is 5.32 Å². The highest BCUT2D eigenvalue weighted by Crippen LogP contribution is 2.07. The van der Waals surface area contributed by atoms with Crippen LogP contribution in [0.5, 0.6) is 0 Å². The minimum absolute atomic E-state index is 0.441. The Bertz CT molecular complexity index is 155. The molecule has 0 amide bonds. The van der Waals surface area contributed by atoms with Gasteiger partial charge in [0.15, 0.2) is 5.88 Å². The Kier molecular flexibility index (Phi) is 1.78. The highest BCUT2D eigenvalue weighted by molar-refractivity contribution is 5.30. The summed E-state index contributed by atoms with van der Waals surface area (Å²) in [6.07, 6.45) is 1.66. The molecule has 0 unspecified atom stereocenters. The summed E-state index contributed by atoms with van der Waals surface area (Å²) in [4.78, 5) is 0. The number of furan rings is 1. The normalized spacial score (nSPS) is 10.1. The van der Waals surface area contributed by atoms with Crippen molar-refractivity contribution in [3.8, 4) is 0 Å². The Labute approximate surface area is 54.9 Å². The van der Waals surface area contributed by atoms with E-state index in [9.17, 15) is 0 Å². The second-order valence-corrected chi connectivity index (χ2v) is 2.28. The maximum Gasteiger partial charge on any atom is 0.192 e. The van der Waals surface area contributed by atoms with Crippen molar-refractivity contribution in [2.75, 3.05) is 5.32 Å². The first-order chi connectivity index (χ1) is 4.29. The first-order valence-electron chi connectivity index (χ1n) is 3.09. The second-order valence-electron chi connectivity index (χ2n) is 2.28. The molecule has 1 heterocycles. The Hall–Kier alpha value is -0.920. The van der Waals surface area contributed by atoms with E-state index in [1.807, 2.05) is 12.1 Å². The van der Waals surface area contributed by atoms with Crippen LogP contribution in [0.25, 0.3) is 0 Å². The van der Waals surface area contributed by atoms with Gasteiger partial charge in [-0.25, -0.2) is 0 Å². The minimum Gasteiger partial charge on any atom is -0.449 e. The van der Waals surface area contributed by atoms with Gasteiger partial charge >= 0.3 is 0 Å². The van der Waals surface area contributed by atoms with Crippen molar-refractivity contribution < 1.29 is 4.42 Å². The largest absolute Gasteiger partial charge is 0.449 e. The van der Waals surface area contributed by atoms with Gasteiger partial charge in [0.25, 0.3) is 0 Å². The second kappa shape index (κ2) is 2.58. The fourth-order valence-corrected chi connectivity index (χ4v) is 0.645. The lowest BCUT2D eigenvalue weighted by atomic mass is 10.4. The SMILES string of the molecule is CC(C)Nc1ccco1. The Morgan fingerprint density at radius 1 is 1.56 bits per heavy atom. The minimum atomic E-state index is 0.441. The molecule has 0 bridgehead atoms. The molecular formula is C7H11NO. The van der Waals surface area contributed by atoms with Gasteiger partial charge in [0.1, 0.15) is 0 Å². The van der Waals surface area contributed by atoms with Crippen LogP contribution in [-0.2, 0) is 0 Å². The van der Waals surface area contributed by atoms with E-state index >= 15 is 0 Å². The molecule has 0 fully saturated rings. The number of rotatable bonds is 2. The van der Waals surface area contributed by atoms with Gasteiger partial charge in [-0.2, -0.15) is 0 Å². The van der Waals surface area contributed by atoms with Crippen molar-refractivity contribution in [2.24, 2.45) is 0 Å². The molecule has 1 aromatic heterocycles. The lowest BCUT2D eigenvalue weighted by molar-refractivity contribution is 0.573. The van der Waals surface area contributed by atoms with Crippen molar-refractivity contribution in [3.63, 3.8) is 0 Å². The average molecular weight is 125 g/mol. The van der Waals surface area contributed by atoms with Crippen LogP contribution in [0.1, 0.15) is 13.8 Å². The zero-order chi connectivity index (χ0) is 6.69. The molecule has 0 atom stereocenters. The first-order valence-corrected chi connectivity index (χ1v) is 3.09. The lowest BCUT2D eigenvalue weighted by Crippen LogP contribution is -2.08. The monoisotopic (exact) mass is 125 g/mol.